The lowest BCUT2D eigenvalue weighted by Gasteiger charge is -2.10. The molecule has 0 aromatic heterocycles. The molecule has 0 aromatic carbocycles. The number of hydrogen-bond donors (Lipinski definition) is 1. The van der Waals surface area contributed by atoms with E-state index in [0.717, 1.165) is 0 Å². The van der Waals surface area contributed by atoms with Gasteiger partial charge in [-0.2, -0.15) is 0 Å². The third-order valence-electron chi connectivity index (χ3n) is 2.19. The van der Waals surface area contributed by atoms with E-state index < -0.39 is 0 Å². The maximum Gasteiger partial charge on any atom is 0.309 e. The molecule has 10 heavy (non-hydrogen) atoms. The van der Waals surface area contributed by atoms with Crippen LogP contribution in [-0.4, -0.2) is 23.8 Å². The van der Waals surface area contributed by atoms with Gasteiger partial charge in [0, 0.05) is 5.92 Å². The molecule has 1 heterocycles. The molecule has 0 radical (unpaired) electrons. The lowest BCUT2D eigenvalue weighted by atomic mass is 9.95. The molecule has 0 aromatic rings. The number of carbonyl (C=O) groups is 1. The third kappa shape index (κ3) is 1.01. The van der Waals surface area contributed by atoms with E-state index in [-0.39, 0.29) is 30.5 Å². The first kappa shape index (κ1) is 7.54. The van der Waals surface area contributed by atoms with E-state index in [4.69, 9.17) is 9.84 Å². The summed E-state index contributed by atoms with van der Waals surface area (Å²) in [6.45, 7) is 3.68. The number of carbonyl (C=O) groups excluding carboxylic acids is 1. The van der Waals surface area contributed by atoms with Crippen molar-refractivity contribution < 1.29 is 14.6 Å². The van der Waals surface area contributed by atoms with Crippen molar-refractivity contribution in [3.05, 3.63) is 0 Å². The predicted octanol–water partition coefficient (Wildman–Crippen LogP) is 0.176. The molecule has 0 aliphatic carbocycles. The summed E-state index contributed by atoms with van der Waals surface area (Å²) in [7, 11) is 0. The fourth-order valence-electron chi connectivity index (χ4n) is 1.10. The fourth-order valence-corrected chi connectivity index (χ4v) is 1.10. The van der Waals surface area contributed by atoms with Crippen molar-refractivity contribution >= 4 is 5.97 Å². The molecule has 3 atom stereocenters. The highest BCUT2D eigenvalue weighted by Crippen LogP contribution is 2.26. The highest BCUT2D eigenvalue weighted by atomic mass is 16.6. The molecule has 1 saturated heterocycles. The van der Waals surface area contributed by atoms with Crippen LogP contribution >= 0.6 is 0 Å². The molecule has 3 nitrogen and oxygen atoms in total. The first-order valence-corrected chi connectivity index (χ1v) is 3.48. The summed E-state index contributed by atoms with van der Waals surface area (Å²) >= 11 is 0. The lowest BCUT2D eigenvalue weighted by Crippen LogP contribution is -2.19. The Morgan fingerprint density at radius 2 is 2.20 bits per heavy atom. The molecule has 58 valence electrons. The van der Waals surface area contributed by atoms with Crippen molar-refractivity contribution in [2.75, 3.05) is 6.61 Å². The molecule has 1 rings (SSSR count). The summed E-state index contributed by atoms with van der Waals surface area (Å²) in [6.07, 6.45) is -0.275. The normalized spacial score (nSPS) is 39.9. The third-order valence-corrected chi connectivity index (χ3v) is 2.19. The minimum atomic E-state index is -0.275. The number of aliphatic hydroxyl groups excluding tert-OH is 1. The Kier molecular flexibility index (Phi) is 1.94. The standard InChI is InChI=1S/C7H12O3/c1-4-5(2)7(9)10-6(4)3-8/h4-6,8H,3H2,1-2H3. The average Bonchev–Trinajstić information content (AvgIpc) is 2.17. The second-order valence-corrected chi connectivity index (χ2v) is 2.81. The zero-order valence-corrected chi connectivity index (χ0v) is 6.20. The van der Waals surface area contributed by atoms with Gasteiger partial charge in [0.2, 0.25) is 0 Å². The van der Waals surface area contributed by atoms with Crippen molar-refractivity contribution in [2.45, 2.75) is 20.0 Å². The van der Waals surface area contributed by atoms with Crippen LogP contribution < -0.4 is 0 Å². The molecule has 0 spiro atoms. The van der Waals surface area contributed by atoms with E-state index in [0.29, 0.717) is 0 Å². The van der Waals surface area contributed by atoms with Crippen LogP contribution in [-0.2, 0) is 9.53 Å². The number of cyclic esters (lactones) is 1. The monoisotopic (exact) mass is 144 g/mol. The smallest absolute Gasteiger partial charge is 0.309 e. The molecule has 1 aliphatic rings. The SMILES string of the molecule is CC1C(=O)OC(CO)C1C. The second kappa shape index (κ2) is 2.58. The first-order valence-electron chi connectivity index (χ1n) is 3.48. The van der Waals surface area contributed by atoms with Gasteiger partial charge < -0.3 is 9.84 Å². The van der Waals surface area contributed by atoms with E-state index in [1.807, 2.05) is 13.8 Å². The van der Waals surface area contributed by atoms with Gasteiger partial charge in [-0.3, -0.25) is 4.79 Å². The van der Waals surface area contributed by atoms with Crippen LogP contribution in [0.1, 0.15) is 13.8 Å². The van der Waals surface area contributed by atoms with Crippen LogP contribution in [0.25, 0.3) is 0 Å². The van der Waals surface area contributed by atoms with Crippen LogP contribution in [0.3, 0.4) is 0 Å². The van der Waals surface area contributed by atoms with Crippen LogP contribution in [0.15, 0.2) is 0 Å². The molecule has 0 bridgehead atoms. The van der Waals surface area contributed by atoms with Crippen molar-refractivity contribution in [1.29, 1.82) is 0 Å². The Labute approximate surface area is 60.0 Å². The van der Waals surface area contributed by atoms with E-state index in [1.54, 1.807) is 0 Å². The summed E-state index contributed by atoms with van der Waals surface area (Å²) < 4.78 is 4.85. The summed E-state index contributed by atoms with van der Waals surface area (Å²) in [5.41, 5.74) is 0. The molecule has 3 heteroatoms. The Hall–Kier alpha value is -0.570. The Bertz CT molecular complexity index is 144. The molecule has 1 N–H and O–H groups in total. The van der Waals surface area contributed by atoms with Gasteiger partial charge in [0.1, 0.15) is 6.10 Å². The predicted molar refractivity (Wildman–Crippen MR) is 35.3 cm³/mol. The minimum absolute atomic E-state index is 0.0582. The lowest BCUT2D eigenvalue weighted by molar-refractivity contribution is -0.145. The molecule has 0 saturated carbocycles. The van der Waals surface area contributed by atoms with Gasteiger partial charge in [0.05, 0.1) is 12.5 Å². The van der Waals surface area contributed by atoms with Gasteiger partial charge in [0.15, 0.2) is 0 Å². The van der Waals surface area contributed by atoms with Crippen LogP contribution in [0.4, 0.5) is 0 Å². The maximum atomic E-state index is 10.8. The van der Waals surface area contributed by atoms with E-state index >= 15 is 0 Å². The van der Waals surface area contributed by atoms with Gasteiger partial charge >= 0.3 is 5.97 Å². The van der Waals surface area contributed by atoms with Crippen molar-refractivity contribution in [2.24, 2.45) is 11.8 Å². The van der Waals surface area contributed by atoms with Crippen molar-refractivity contribution in [1.82, 2.24) is 0 Å². The van der Waals surface area contributed by atoms with Crippen LogP contribution in [0, 0.1) is 11.8 Å². The maximum absolute atomic E-state index is 10.8. The summed E-state index contributed by atoms with van der Waals surface area (Å²) in [5, 5.41) is 8.69. The Morgan fingerprint density at radius 1 is 1.60 bits per heavy atom. The average molecular weight is 144 g/mol. The largest absolute Gasteiger partial charge is 0.459 e. The van der Waals surface area contributed by atoms with Gasteiger partial charge in [-0.15, -0.1) is 0 Å². The molecule has 1 fully saturated rings. The number of hydrogen-bond acceptors (Lipinski definition) is 3. The Morgan fingerprint density at radius 3 is 2.40 bits per heavy atom. The van der Waals surface area contributed by atoms with Crippen molar-refractivity contribution in [3.63, 3.8) is 0 Å². The molecular weight excluding hydrogens is 132 g/mol. The van der Waals surface area contributed by atoms with Gasteiger partial charge in [-0.25, -0.2) is 0 Å². The highest BCUT2D eigenvalue weighted by Gasteiger charge is 2.37. The number of esters is 1. The number of ether oxygens (including phenoxy) is 1. The molecule has 1 aliphatic heterocycles. The van der Waals surface area contributed by atoms with E-state index in [9.17, 15) is 4.79 Å². The topological polar surface area (TPSA) is 46.5 Å². The second-order valence-electron chi connectivity index (χ2n) is 2.81. The quantitative estimate of drug-likeness (QED) is 0.534. The molecule has 0 amide bonds. The molecule has 3 unspecified atom stereocenters. The molecular formula is C7H12O3. The summed E-state index contributed by atoms with van der Waals surface area (Å²) in [6, 6.07) is 0. The zero-order chi connectivity index (χ0) is 7.72. The van der Waals surface area contributed by atoms with E-state index in [2.05, 4.69) is 0 Å². The van der Waals surface area contributed by atoms with Gasteiger partial charge in [-0.1, -0.05) is 13.8 Å². The van der Waals surface area contributed by atoms with Crippen LogP contribution in [0.5, 0.6) is 0 Å². The van der Waals surface area contributed by atoms with Crippen LogP contribution in [0.2, 0.25) is 0 Å². The van der Waals surface area contributed by atoms with E-state index in [1.165, 1.54) is 0 Å². The Balaban J connectivity index is 2.61. The summed E-state index contributed by atoms with van der Waals surface area (Å²) in [5.74, 6) is -0.0961. The highest BCUT2D eigenvalue weighted by molar-refractivity contribution is 5.74. The number of aliphatic hydroxyl groups is 1. The first-order chi connectivity index (χ1) is 4.66. The zero-order valence-electron chi connectivity index (χ0n) is 6.20. The van der Waals surface area contributed by atoms with Gasteiger partial charge in [0.25, 0.3) is 0 Å². The van der Waals surface area contributed by atoms with Gasteiger partial charge in [-0.05, 0) is 0 Å². The number of rotatable bonds is 1. The summed E-state index contributed by atoms with van der Waals surface area (Å²) in [4.78, 5) is 10.8. The van der Waals surface area contributed by atoms with Crippen molar-refractivity contribution in [3.8, 4) is 0 Å². The minimum Gasteiger partial charge on any atom is -0.459 e. The fraction of sp³-hybridized carbons (Fsp3) is 0.857.